The normalized spacial score (nSPS) is 13.9. The number of nitrogens with zero attached hydrogens (tertiary/aromatic N) is 5. The zero-order valence-electron chi connectivity index (χ0n) is 15.7. The van der Waals surface area contributed by atoms with Gasteiger partial charge < -0.3 is 9.32 Å². The number of benzene rings is 1. The predicted octanol–water partition coefficient (Wildman–Crippen LogP) is 3.97. The molecule has 1 aliphatic rings. The van der Waals surface area contributed by atoms with Gasteiger partial charge >= 0.3 is 0 Å². The van der Waals surface area contributed by atoms with Gasteiger partial charge in [-0.25, -0.2) is 4.39 Å². The minimum absolute atomic E-state index is 0.0478. The van der Waals surface area contributed by atoms with Gasteiger partial charge in [-0.05, 0) is 66.4 Å². The number of aromatic nitrogens is 4. The fourth-order valence-corrected chi connectivity index (χ4v) is 3.98. The number of carbonyl (C=O) groups excluding carboxylic acids is 1. The smallest absolute Gasteiger partial charge is 0.237 e. The molecule has 0 unspecified atom stereocenters. The minimum atomic E-state index is -0.376. The van der Waals surface area contributed by atoms with E-state index in [1.54, 1.807) is 23.3 Å². The van der Waals surface area contributed by atoms with Crippen molar-refractivity contribution in [1.29, 1.82) is 0 Å². The Morgan fingerprint density at radius 3 is 2.97 bits per heavy atom. The molecule has 9 heteroatoms. The molecule has 150 valence electrons. The van der Waals surface area contributed by atoms with E-state index >= 15 is 0 Å². The molecule has 4 rings (SSSR count). The molecule has 2 aromatic heterocycles. The second kappa shape index (κ2) is 9.04. The molecule has 0 aliphatic heterocycles. The van der Waals surface area contributed by atoms with Crippen LogP contribution in [-0.2, 0) is 11.3 Å². The van der Waals surface area contributed by atoms with Crippen LogP contribution in [0.25, 0.3) is 5.69 Å². The summed E-state index contributed by atoms with van der Waals surface area (Å²) in [6.45, 7) is 0.396. The summed E-state index contributed by atoms with van der Waals surface area (Å²) in [7, 11) is 0. The van der Waals surface area contributed by atoms with Crippen molar-refractivity contribution in [3.05, 3.63) is 66.0 Å². The van der Waals surface area contributed by atoms with Gasteiger partial charge in [-0.2, -0.15) is 4.68 Å². The van der Waals surface area contributed by atoms with Crippen molar-refractivity contribution in [3.8, 4) is 5.69 Å². The van der Waals surface area contributed by atoms with E-state index in [9.17, 15) is 9.18 Å². The van der Waals surface area contributed by atoms with E-state index in [1.165, 1.54) is 28.6 Å². The molecule has 0 atom stereocenters. The molecule has 1 amide bonds. The number of hydrogen-bond acceptors (Lipinski definition) is 6. The van der Waals surface area contributed by atoms with E-state index in [1.807, 2.05) is 12.1 Å². The van der Waals surface area contributed by atoms with E-state index in [4.69, 9.17) is 4.42 Å². The van der Waals surface area contributed by atoms with E-state index in [0.29, 0.717) is 17.4 Å². The first-order valence-electron chi connectivity index (χ1n) is 9.39. The monoisotopic (exact) mass is 413 g/mol. The minimum Gasteiger partial charge on any atom is -0.467 e. The first-order valence-corrected chi connectivity index (χ1v) is 10.4. The molecule has 7 nitrogen and oxygen atoms in total. The number of hydrogen-bond donors (Lipinski definition) is 0. The molecule has 0 saturated carbocycles. The number of allylic oxidation sites excluding steroid dienone is 2. The Kier molecular flexibility index (Phi) is 6.04. The third-order valence-corrected chi connectivity index (χ3v) is 5.53. The van der Waals surface area contributed by atoms with Crippen LogP contribution in [0.1, 0.15) is 31.4 Å². The highest BCUT2D eigenvalue weighted by Gasteiger charge is 2.22. The third-order valence-electron chi connectivity index (χ3n) is 4.63. The van der Waals surface area contributed by atoms with Crippen LogP contribution in [-0.4, -0.2) is 36.8 Å². The molecule has 29 heavy (non-hydrogen) atoms. The molecule has 0 spiro atoms. The van der Waals surface area contributed by atoms with Crippen molar-refractivity contribution in [2.24, 2.45) is 0 Å². The Morgan fingerprint density at radius 1 is 1.28 bits per heavy atom. The van der Waals surface area contributed by atoms with E-state index < -0.39 is 0 Å². The highest BCUT2D eigenvalue weighted by Crippen LogP contribution is 2.25. The molecule has 2 heterocycles. The molecule has 0 bridgehead atoms. The van der Waals surface area contributed by atoms with Gasteiger partial charge in [0.25, 0.3) is 0 Å². The summed E-state index contributed by atoms with van der Waals surface area (Å²) in [5, 5.41) is 12.0. The highest BCUT2D eigenvalue weighted by molar-refractivity contribution is 7.99. The summed E-state index contributed by atoms with van der Waals surface area (Å²) in [6, 6.07) is 9.68. The lowest BCUT2D eigenvalue weighted by molar-refractivity contribution is -0.127. The van der Waals surface area contributed by atoms with Crippen molar-refractivity contribution in [3.63, 3.8) is 0 Å². The highest BCUT2D eigenvalue weighted by atomic mass is 32.2. The first kappa shape index (κ1) is 19.4. The fourth-order valence-electron chi connectivity index (χ4n) is 3.22. The SMILES string of the molecule is O=C(CSc1nnnn1-c1cccc(F)c1)N(Cc1ccco1)C1=CCCCC1. The molecule has 0 radical (unpaired) electrons. The van der Waals surface area contributed by atoms with Gasteiger partial charge in [-0.3, -0.25) is 4.79 Å². The number of thioether (sulfide) groups is 1. The average Bonchev–Trinajstić information content (AvgIpc) is 3.43. The van der Waals surface area contributed by atoms with E-state index in [2.05, 4.69) is 21.6 Å². The third kappa shape index (κ3) is 4.73. The maximum absolute atomic E-state index is 13.5. The van der Waals surface area contributed by atoms with Gasteiger partial charge in [0.2, 0.25) is 11.1 Å². The molecule has 0 saturated heterocycles. The summed E-state index contributed by atoms with van der Waals surface area (Å²) in [4.78, 5) is 14.8. The van der Waals surface area contributed by atoms with Gasteiger partial charge in [0.05, 0.1) is 24.2 Å². The molecule has 1 aliphatic carbocycles. The lowest BCUT2D eigenvalue weighted by Gasteiger charge is -2.27. The van der Waals surface area contributed by atoms with Crippen molar-refractivity contribution in [2.75, 3.05) is 5.75 Å². The maximum atomic E-state index is 13.5. The molecule has 3 aromatic rings. The zero-order valence-corrected chi connectivity index (χ0v) is 16.5. The van der Waals surface area contributed by atoms with E-state index in [0.717, 1.165) is 37.1 Å². The number of furan rings is 1. The Labute approximate surface area is 171 Å². The lowest BCUT2D eigenvalue weighted by atomic mass is 10.0. The zero-order chi connectivity index (χ0) is 20.1. The first-order chi connectivity index (χ1) is 14.2. The molecule has 1 aromatic carbocycles. The van der Waals surface area contributed by atoms with Crippen LogP contribution in [0.4, 0.5) is 4.39 Å². The van der Waals surface area contributed by atoms with Gasteiger partial charge in [-0.1, -0.05) is 23.9 Å². The number of carbonyl (C=O) groups is 1. The summed E-state index contributed by atoms with van der Waals surface area (Å²) in [6.07, 6.45) is 7.80. The van der Waals surface area contributed by atoms with Crippen LogP contribution in [0.15, 0.2) is 64.0 Å². The van der Waals surface area contributed by atoms with Crippen LogP contribution in [0.5, 0.6) is 0 Å². The van der Waals surface area contributed by atoms with Crippen LogP contribution in [0, 0.1) is 5.82 Å². The van der Waals surface area contributed by atoms with Crippen molar-refractivity contribution in [2.45, 2.75) is 37.4 Å². The molecule has 0 N–H and O–H groups in total. The van der Waals surface area contributed by atoms with E-state index in [-0.39, 0.29) is 17.5 Å². The van der Waals surface area contributed by atoms with Crippen LogP contribution >= 0.6 is 11.8 Å². The topological polar surface area (TPSA) is 77.1 Å². The Bertz CT molecular complexity index is 1000. The Hall–Kier alpha value is -2.94. The van der Waals surface area contributed by atoms with Crippen LogP contribution < -0.4 is 0 Å². The number of halogens is 1. The predicted molar refractivity (Wildman–Crippen MR) is 106 cm³/mol. The van der Waals surface area contributed by atoms with Crippen molar-refractivity contribution < 1.29 is 13.6 Å². The summed E-state index contributed by atoms with van der Waals surface area (Å²) >= 11 is 1.22. The second-order valence-corrected chi connectivity index (χ2v) is 7.58. The molecule has 0 fully saturated rings. The quantitative estimate of drug-likeness (QED) is 0.546. The van der Waals surface area contributed by atoms with Gasteiger partial charge in [-0.15, -0.1) is 5.10 Å². The molecular weight excluding hydrogens is 393 g/mol. The Balaban J connectivity index is 1.48. The van der Waals surface area contributed by atoms with Crippen molar-refractivity contribution >= 4 is 17.7 Å². The fraction of sp³-hybridized carbons (Fsp3) is 0.300. The second-order valence-electron chi connectivity index (χ2n) is 6.64. The summed E-state index contributed by atoms with van der Waals surface area (Å²) in [5.74, 6) is 0.472. The maximum Gasteiger partial charge on any atom is 0.237 e. The summed E-state index contributed by atoms with van der Waals surface area (Å²) in [5.41, 5.74) is 1.54. The number of amides is 1. The van der Waals surface area contributed by atoms with Crippen molar-refractivity contribution in [1.82, 2.24) is 25.1 Å². The standard InChI is InChI=1S/C20H20FN5O2S/c21-15-6-4-9-17(12-15)26-20(22-23-24-26)29-14-19(27)25(13-18-10-5-11-28-18)16-7-2-1-3-8-16/h4-7,9-12H,1-3,8,13-14H2. The van der Waals surface area contributed by atoms with Crippen LogP contribution in [0.2, 0.25) is 0 Å². The van der Waals surface area contributed by atoms with Crippen LogP contribution in [0.3, 0.4) is 0 Å². The average molecular weight is 413 g/mol. The molecular formula is C20H20FN5O2S. The lowest BCUT2D eigenvalue weighted by Crippen LogP contribution is -2.32. The summed E-state index contributed by atoms with van der Waals surface area (Å²) < 4.78 is 20.4. The Morgan fingerprint density at radius 2 is 2.21 bits per heavy atom. The van der Waals surface area contributed by atoms with Gasteiger partial charge in [0, 0.05) is 5.70 Å². The van der Waals surface area contributed by atoms with Gasteiger partial charge in [0.1, 0.15) is 11.6 Å². The largest absolute Gasteiger partial charge is 0.467 e. The number of rotatable bonds is 7. The van der Waals surface area contributed by atoms with Gasteiger partial charge in [0.15, 0.2) is 0 Å². The number of tetrazole rings is 1.